The predicted molar refractivity (Wildman–Crippen MR) is 69.0 cm³/mol. The lowest BCUT2D eigenvalue weighted by atomic mass is 10.1. The molecule has 2 N–H and O–H groups in total. The quantitative estimate of drug-likeness (QED) is 0.802. The van der Waals surface area contributed by atoms with E-state index in [-0.39, 0.29) is 16.6 Å². The average molecular weight is 275 g/mol. The molecule has 0 saturated heterocycles. The summed E-state index contributed by atoms with van der Waals surface area (Å²) in [6, 6.07) is 1.59. The van der Waals surface area contributed by atoms with Gasteiger partial charge >= 0.3 is 0 Å². The van der Waals surface area contributed by atoms with Gasteiger partial charge in [0, 0.05) is 13.1 Å². The van der Waals surface area contributed by atoms with Gasteiger partial charge in [-0.15, -0.1) is 0 Å². The Morgan fingerprint density at radius 1 is 1.53 bits per heavy atom. The van der Waals surface area contributed by atoms with Gasteiger partial charge in [0.05, 0.1) is 15.7 Å². The molecule has 0 saturated carbocycles. The molecule has 1 aliphatic heterocycles. The third-order valence-electron chi connectivity index (χ3n) is 2.77. The van der Waals surface area contributed by atoms with Crippen LogP contribution in [0.2, 0.25) is 10.0 Å². The number of hydrogen-bond acceptors (Lipinski definition) is 3. The van der Waals surface area contributed by atoms with Crippen LogP contribution in [0.5, 0.6) is 5.75 Å². The Morgan fingerprint density at radius 2 is 2.18 bits per heavy atom. The third-order valence-corrected chi connectivity index (χ3v) is 3.47. The summed E-state index contributed by atoms with van der Waals surface area (Å²) < 4.78 is 5.56. The van der Waals surface area contributed by atoms with Crippen LogP contribution in [0.15, 0.2) is 6.07 Å². The van der Waals surface area contributed by atoms with Crippen molar-refractivity contribution in [3.63, 3.8) is 0 Å². The van der Waals surface area contributed by atoms with Gasteiger partial charge in [0.1, 0.15) is 11.4 Å². The number of anilines is 2. The maximum absolute atomic E-state index is 11.9. The minimum atomic E-state index is -0.497. The lowest BCUT2D eigenvalue weighted by Crippen LogP contribution is -2.43. The smallest absolute Gasteiger partial charge is 0.267 e. The predicted octanol–water partition coefficient (Wildman–Crippen LogP) is 2.71. The van der Waals surface area contributed by atoms with Gasteiger partial charge in [-0.2, -0.15) is 0 Å². The molecule has 0 bridgehead atoms. The summed E-state index contributed by atoms with van der Waals surface area (Å²) in [4.78, 5) is 13.4. The molecule has 92 valence electrons. The van der Waals surface area contributed by atoms with E-state index in [1.165, 1.54) is 4.90 Å². The Hall–Kier alpha value is -1.13. The zero-order chi connectivity index (χ0) is 12.7. The first-order chi connectivity index (χ1) is 7.97. The number of hydrogen-bond donors (Lipinski definition) is 1. The van der Waals surface area contributed by atoms with Crippen molar-refractivity contribution in [2.75, 3.05) is 17.7 Å². The van der Waals surface area contributed by atoms with Gasteiger partial charge in [0.25, 0.3) is 5.91 Å². The Bertz CT molecular complexity index is 491. The second-order valence-electron chi connectivity index (χ2n) is 3.84. The van der Waals surface area contributed by atoms with Crippen molar-refractivity contribution in [3.8, 4) is 5.75 Å². The molecule has 1 unspecified atom stereocenters. The standard InChI is InChI=1S/C11H12Cl2N2O2/c1-3-6-11(16)15(2)10-7(17-6)4-5(12)9(14)8(10)13/h4,6H,3,14H2,1-2H3. The van der Waals surface area contributed by atoms with E-state index in [0.717, 1.165) is 0 Å². The molecule has 1 atom stereocenters. The van der Waals surface area contributed by atoms with Gasteiger partial charge in [-0.05, 0) is 6.42 Å². The van der Waals surface area contributed by atoms with E-state index < -0.39 is 6.10 Å². The summed E-state index contributed by atoms with van der Waals surface area (Å²) in [5, 5.41) is 0.573. The Kier molecular flexibility index (Phi) is 3.10. The number of nitrogens with zero attached hydrogens (tertiary/aromatic N) is 1. The third kappa shape index (κ3) is 1.81. The number of fused-ring (bicyclic) bond motifs is 1. The molecule has 6 heteroatoms. The molecule has 1 aliphatic rings. The molecule has 17 heavy (non-hydrogen) atoms. The Labute approximate surface area is 109 Å². The van der Waals surface area contributed by atoms with Crippen LogP contribution in [0.4, 0.5) is 11.4 Å². The van der Waals surface area contributed by atoms with E-state index in [9.17, 15) is 4.79 Å². The molecule has 1 aromatic carbocycles. The van der Waals surface area contributed by atoms with Crippen molar-refractivity contribution in [2.24, 2.45) is 0 Å². The van der Waals surface area contributed by atoms with Crippen molar-refractivity contribution >= 4 is 40.5 Å². The molecular weight excluding hydrogens is 263 g/mol. The van der Waals surface area contributed by atoms with Crippen LogP contribution in [0.3, 0.4) is 0 Å². The molecule has 4 nitrogen and oxygen atoms in total. The summed E-state index contributed by atoms with van der Waals surface area (Å²) in [5.41, 5.74) is 6.45. The number of carbonyl (C=O) groups excluding carboxylic acids is 1. The maximum atomic E-state index is 11.9. The van der Waals surface area contributed by atoms with E-state index in [4.69, 9.17) is 33.7 Å². The van der Waals surface area contributed by atoms with E-state index >= 15 is 0 Å². The highest BCUT2D eigenvalue weighted by Crippen LogP contribution is 2.45. The number of nitrogen functional groups attached to an aromatic ring is 1. The first kappa shape index (κ1) is 12.3. The highest BCUT2D eigenvalue weighted by atomic mass is 35.5. The molecule has 1 heterocycles. The topological polar surface area (TPSA) is 55.6 Å². The van der Waals surface area contributed by atoms with Crippen LogP contribution in [0.1, 0.15) is 13.3 Å². The maximum Gasteiger partial charge on any atom is 0.267 e. The summed E-state index contributed by atoms with van der Waals surface area (Å²) in [6.07, 6.45) is 0.0886. The minimum Gasteiger partial charge on any atom is -0.478 e. The van der Waals surface area contributed by atoms with Crippen molar-refractivity contribution in [1.29, 1.82) is 0 Å². The van der Waals surface area contributed by atoms with Gasteiger partial charge < -0.3 is 15.4 Å². The van der Waals surface area contributed by atoms with Crippen LogP contribution in [-0.4, -0.2) is 19.1 Å². The number of ether oxygens (including phenoxy) is 1. The first-order valence-electron chi connectivity index (χ1n) is 5.19. The second-order valence-corrected chi connectivity index (χ2v) is 4.63. The van der Waals surface area contributed by atoms with Crippen LogP contribution in [-0.2, 0) is 4.79 Å². The minimum absolute atomic E-state index is 0.136. The normalized spacial score (nSPS) is 18.9. The molecule has 1 aromatic rings. The van der Waals surface area contributed by atoms with E-state index in [0.29, 0.717) is 22.9 Å². The fourth-order valence-corrected chi connectivity index (χ4v) is 2.36. The second kappa shape index (κ2) is 4.27. The number of rotatable bonds is 1. The average Bonchev–Trinajstić information content (AvgIpc) is 2.30. The number of amides is 1. The van der Waals surface area contributed by atoms with Crippen LogP contribution >= 0.6 is 23.2 Å². The molecule has 1 amide bonds. The van der Waals surface area contributed by atoms with E-state index in [1.54, 1.807) is 13.1 Å². The lowest BCUT2D eigenvalue weighted by molar-refractivity contribution is -0.126. The molecule has 0 aromatic heterocycles. The fraction of sp³-hybridized carbons (Fsp3) is 0.364. The number of nitrogens with two attached hydrogens (primary N) is 1. The van der Waals surface area contributed by atoms with Crippen molar-refractivity contribution in [1.82, 2.24) is 0 Å². The Morgan fingerprint density at radius 3 is 2.76 bits per heavy atom. The van der Waals surface area contributed by atoms with Crippen molar-refractivity contribution < 1.29 is 9.53 Å². The summed E-state index contributed by atoms with van der Waals surface area (Å²) in [7, 11) is 1.64. The van der Waals surface area contributed by atoms with Crippen molar-refractivity contribution in [2.45, 2.75) is 19.4 Å². The van der Waals surface area contributed by atoms with E-state index in [2.05, 4.69) is 0 Å². The zero-order valence-electron chi connectivity index (χ0n) is 9.46. The van der Waals surface area contributed by atoms with Crippen LogP contribution in [0, 0.1) is 0 Å². The number of carbonyl (C=O) groups is 1. The molecule has 2 rings (SSSR count). The highest BCUT2D eigenvalue weighted by Gasteiger charge is 2.33. The summed E-state index contributed by atoms with van der Waals surface area (Å²) in [6.45, 7) is 1.88. The van der Waals surface area contributed by atoms with Gasteiger partial charge in [-0.25, -0.2) is 0 Å². The number of benzene rings is 1. The van der Waals surface area contributed by atoms with Gasteiger partial charge in [0.15, 0.2) is 6.10 Å². The van der Waals surface area contributed by atoms with Gasteiger partial charge in [-0.1, -0.05) is 30.1 Å². The largest absolute Gasteiger partial charge is 0.478 e. The van der Waals surface area contributed by atoms with Crippen LogP contribution in [0.25, 0.3) is 0 Å². The molecule has 0 spiro atoms. The zero-order valence-corrected chi connectivity index (χ0v) is 11.0. The van der Waals surface area contributed by atoms with Crippen molar-refractivity contribution in [3.05, 3.63) is 16.1 Å². The molecular formula is C11H12Cl2N2O2. The molecule has 0 aliphatic carbocycles. The fourth-order valence-electron chi connectivity index (χ4n) is 1.79. The van der Waals surface area contributed by atoms with Gasteiger partial charge in [-0.3, -0.25) is 4.79 Å². The van der Waals surface area contributed by atoms with Gasteiger partial charge in [0.2, 0.25) is 0 Å². The number of halogens is 2. The van der Waals surface area contributed by atoms with E-state index in [1.807, 2.05) is 6.92 Å². The molecule has 0 radical (unpaired) electrons. The highest BCUT2D eigenvalue weighted by molar-refractivity contribution is 6.41. The summed E-state index contributed by atoms with van der Waals surface area (Å²) in [5.74, 6) is 0.353. The lowest BCUT2D eigenvalue weighted by Gasteiger charge is -2.32. The monoisotopic (exact) mass is 274 g/mol. The number of likely N-dealkylation sites (N-methyl/N-ethyl adjacent to an activating group) is 1. The summed E-state index contributed by atoms with van der Waals surface area (Å²) >= 11 is 12.0. The Balaban J connectivity index is 2.61. The SMILES string of the molecule is CCC1Oc2cc(Cl)c(N)c(Cl)c2N(C)C1=O. The molecule has 0 fully saturated rings. The first-order valence-corrected chi connectivity index (χ1v) is 5.94. The van der Waals surface area contributed by atoms with Crippen LogP contribution < -0.4 is 15.4 Å².